The molecule has 0 saturated heterocycles. The normalized spacial score (nSPS) is 11.7. The molecule has 0 radical (unpaired) electrons. The van der Waals surface area contributed by atoms with Crippen LogP contribution < -0.4 is 5.32 Å². The summed E-state index contributed by atoms with van der Waals surface area (Å²) in [6.45, 7) is -0.0784. The quantitative estimate of drug-likeness (QED) is 0.745. The average Bonchev–Trinajstić information content (AvgIpc) is 2.95. The molecule has 3 aromatic rings. The van der Waals surface area contributed by atoms with E-state index in [4.69, 9.17) is 0 Å². The molecule has 0 unspecified atom stereocenters. The molecule has 4 nitrogen and oxygen atoms in total. The van der Waals surface area contributed by atoms with Gasteiger partial charge in [-0.15, -0.1) is 0 Å². The summed E-state index contributed by atoms with van der Waals surface area (Å²) in [6.07, 6.45) is -1.92. The Labute approximate surface area is 133 Å². The van der Waals surface area contributed by atoms with Gasteiger partial charge in [0.2, 0.25) is 0 Å². The van der Waals surface area contributed by atoms with Gasteiger partial charge in [-0.05, 0) is 29.8 Å². The van der Waals surface area contributed by atoms with Crippen molar-refractivity contribution in [3.8, 4) is 0 Å². The zero-order valence-electron chi connectivity index (χ0n) is 12.1. The van der Waals surface area contributed by atoms with E-state index in [-0.39, 0.29) is 12.2 Å². The molecule has 2 heterocycles. The highest BCUT2D eigenvalue weighted by molar-refractivity contribution is 5.92. The Morgan fingerprint density at radius 1 is 1.17 bits per heavy atom. The van der Waals surface area contributed by atoms with Crippen molar-refractivity contribution in [3.63, 3.8) is 0 Å². The van der Waals surface area contributed by atoms with Crippen molar-refractivity contribution in [1.82, 2.24) is 14.7 Å². The molecule has 0 bridgehead atoms. The van der Waals surface area contributed by atoms with Crippen LogP contribution in [0.3, 0.4) is 0 Å². The van der Waals surface area contributed by atoms with Crippen LogP contribution in [0.25, 0.3) is 5.65 Å². The second-order valence-electron chi connectivity index (χ2n) is 5.12. The minimum absolute atomic E-state index is 0.0487. The van der Waals surface area contributed by atoms with Crippen molar-refractivity contribution >= 4 is 11.6 Å². The first kappa shape index (κ1) is 16.0. The van der Waals surface area contributed by atoms with Crippen molar-refractivity contribution in [2.75, 3.05) is 0 Å². The van der Waals surface area contributed by atoms with E-state index >= 15 is 0 Å². The minimum atomic E-state index is -4.44. The maximum atomic E-state index is 13.1. The first-order valence-electron chi connectivity index (χ1n) is 6.91. The number of nitrogens with one attached hydrogen (secondary N) is 1. The van der Waals surface area contributed by atoms with Gasteiger partial charge in [0.15, 0.2) is 0 Å². The molecule has 1 N–H and O–H groups in total. The van der Waals surface area contributed by atoms with Gasteiger partial charge in [-0.2, -0.15) is 13.2 Å². The SMILES string of the molecule is O=C(NCc1cccc(C(F)(F)F)c1)c1cn2cc(F)ccc2n1. The van der Waals surface area contributed by atoms with Crippen molar-refractivity contribution < 1.29 is 22.4 Å². The highest BCUT2D eigenvalue weighted by Gasteiger charge is 2.30. The van der Waals surface area contributed by atoms with E-state index in [1.165, 1.54) is 41.1 Å². The number of nitrogens with zero attached hydrogens (tertiary/aromatic N) is 2. The number of halogens is 4. The highest BCUT2D eigenvalue weighted by atomic mass is 19.4. The first-order valence-corrected chi connectivity index (χ1v) is 6.91. The molecular weight excluding hydrogens is 326 g/mol. The first-order chi connectivity index (χ1) is 11.3. The van der Waals surface area contributed by atoms with Gasteiger partial charge in [-0.3, -0.25) is 4.79 Å². The van der Waals surface area contributed by atoms with Gasteiger partial charge in [0, 0.05) is 18.9 Å². The summed E-state index contributed by atoms with van der Waals surface area (Å²) >= 11 is 0. The van der Waals surface area contributed by atoms with Gasteiger partial charge < -0.3 is 9.72 Å². The summed E-state index contributed by atoms with van der Waals surface area (Å²) < 4.78 is 52.4. The van der Waals surface area contributed by atoms with Gasteiger partial charge in [0.05, 0.1) is 5.56 Å². The molecule has 3 rings (SSSR count). The molecular formula is C16H11F4N3O. The predicted octanol–water partition coefficient (Wildman–Crippen LogP) is 3.42. The Morgan fingerprint density at radius 2 is 1.96 bits per heavy atom. The van der Waals surface area contributed by atoms with E-state index in [1.54, 1.807) is 0 Å². The number of carbonyl (C=O) groups excluding carboxylic acids is 1. The van der Waals surface area contributed by atoms with E-state index in [0.717, 1.165) is 12.1 Å². The lowest BCUT2D eigenvalue weighted by atomic mass is 10.1. The summed E-state index contributed by atoms with van der Waals surface area (Å²) in [5.74, 6) is -1.03. The number of benzene rings is 1. The molecule has 0 saturated carbocycles. The van der Waals surface area contributed by atoms with Crippen LogP contribution in [-0.2, 0) is 12.7 Å². The fraction of sp³-hybridized carbons (Fsp3) is 0.125. The lowest BCUT2D eigenvalue weighted by Crippen LogP contribution is -2.23. The molecule has 0 aliphatic heterocycles. The summed E-state index contributed by atoms with van der Waals surface area (Å²) in [5.41, 5.74) is -0.0290. The van der Waals surface area contributed by atoms with Crippen LogP contribution in [0.1, 0.15) is 21.6 Å². The number of alkyl halides is 3. The third-order valence-corrected chi connectivity index (χ3v) is 3.35. The van der Waals surface area contributed by atoms with Crippen LogP contribution in [0, 0.1) is 5.82 Å². The number of hydrogen-bond acceptors (Lipinski definition) is 2. The highest BCUT2D eigenvalue weighted by Crippen LogP contribution is 2.29. The van der Waals surface area contributed by atoms with Crippen LogP contribution in [0.2, 0.25) is 0 Å². The molecule has 124 valence electrons. The predicted molar refractivity (Wildman–Crippen MR) is 77.8 cm³/mol. The number of carbonyl (C=O) groups is 1. The average molecular weight is 337 g/mol. The molecule has 0 aliphatic rings. The van der Waals surface area contributed by atoms with E-state index in [2.05, 4.69) is 10.3 Å². The molecule has 0 atom stereocenters. The van der Waals surface area contributed by atoms with Gasteiger partial charge in [0.1, 0.15) is 17.2 Å². The van der Waals surface area contributed by atoms with Crippen LogP contribution in [0.4, 0.5) is 17.6 Å². The molecule has 0 fully saturated rings. The lowest BCUT2D eigenvalue weighted by molar-refractivity contribution is -0.137. The third kappa shape index (κ3) is 3.37. The van der Waals surface area contributed by atoms with Crippen LogP contribution >= 0.6 is 0 Å². The van der Waals surface area contributed by atoms with E-state index in [1.807, 2.05) is 0 Å². The van der Waals surface area contributed by atoms with Crippen molar-refractivity contribution in [2.45, 2.75) is 12.7 Å². The van der Waals surface area contributed by atoms with Gasteiger partial charge in [-0.25, -0.2) is 9.37 Å². The van der Waals surface area contributed by atoms with Gasteiger partial charge >= 0.3 is 6.18 Å². The summed E-state index contributed by atoms with van der Waals surface area (Å²) in [6, 6.07) is 7.32. The Kier molecular flexibility index (Phi) is 3.96. The number of imidazole rings is 1. The number of fused-ring (bicyclic) bond motifs is 1. The smallest absolute Gasteiger partial charge is 0.347 e. The van der Waals surface area contributed by atoms with Crippen LogP contribution in [-0.4, -0.2) is 15.3 Å². The summed E-state index contributed by atoms with van der Waals surface area (Å²) in [4.78, 5) is 16.1. The standard InChI is InChI=1S/C16H11F4N3O/c17-12-4-5-14-22-13(9-23(14)8-12)15(24)21-7-10-2-1-3-11(6-10)16(18,19)20/h1-6,8-9H,7H2,(H,21,24). The fourth-order valence-corrected chi connectivity index (χ4v) is 2.20. The second-order valence-corrected chi connectivity index (χ2v) is 5.12. The topological polar surface area (TPSA) is 46.4 Å². The second kappa shape index (κ2) is 5.95. The Balaban J connectivity index is 1.73. The minimum Gasteiger partial charge on any atom is -0.347 e. The van der Waals surface area contributed by atoms with E-state index < -0.39 is 23.5 Å². The molecule has 8 heteroatoms. The number of aromatic nitrogens is 2. The number of pyridine rings is 1. The van der Waals surface area contributed by atoms with Crippen molar-refractivity contribution in [3.05, 3.63) is 71.4 Å². The van der Waals surface area contributed by atoms with Crippen molar-refractivity contribution in [2.24, 2.45) is 0 Å². The van der Waals surface area contributed by atoms with E-state index in [0.29, 0.717) is 11.2 Å². The van der Waals surface area contributed by atoms with Crippen LogP contribution in [0.5, 0.6) is 0 Å². The van der Waals surface area contributed by atoms with E-state index in [9.17, 15) is 22.4 Å². The largest absolute Gasteiger partial charge is 0.416 e. The molecule has 1 amide bonds. The molecule has 0 aliphatic carbocycles. The maximum Gasteiger partial charge on any atom is 0.416 e. The van der Waals surface area contributed by atoms with Crippen molar-refractivity contribution in [1.29, 1.82) is 0 Å². The monoisotopic (exact) mass is 337 g/mol. The maximum absolute atomic E-state index is 13.1. The molecule has 1 aromatic carbocycles. The molecule has 2 aromatic heterocycles. The Bertz CT molecular complexity index is 902. The van der Waals surface area contributed by atoms with Gasteiger partial charge in [0.25, 0.3) is 5.91 Å². The number of rotatable bonds is 3. The van der Waals surface area contributed by atoms with Crippen LogP contribution in [0.15, 0.2) is 48.8 Å². The molecule has 24 heavy (non-hydrogen) atoms. The molecule has 0 spiro atoms. The number of amides is 1. The fourth-order valence-electron chi connectivity index (χ4n) is 2.20. The number of hydrogen-bond donors (Lipinski definition) is 1. The Morgan fingerprint density at radius 3 is 2.71 bits per heavy atom. The van der Waals surface area contributed by atoms with Gasteiger partial charge in [-0.1, -0.05) is 12.1 Å². The summed E-state index contributed by atoms with van der Waals surface area (Å²) in [5, 5.41) is 2.49. The lowest BCUT2D eigenvalue weighted by Gasteiger charge is -2.09. The third-order valence-electron chi connectivity index (χ3n) is 3.35. The summed E-state index contributed by atoms with van der Waals surface area (Å²) in [7, 11) is 0. The Hall–Kier alpha value is -2.90. The zero-order valence-corrected chi connectivity index (χ0v) is 12.1. The zero-order chi connectivity index (χ0) is 17.3.